The van der Waals surface area contributed by atoms with E-state index in [9.17, 15) is 0 Å². The van der Waals surface area contributed by atoms with E-state index < -0.39 is 0 Å². The molecule has 0 saturated heterocycles. The minimum absolute atomic E-state index is 0.634. The van der Waals surface area contributed by atoms with Crippen LogP contribution >= 0.6 is 0 Å². The Hall–Kier alpha value is -0.820. The predicted molar refractivity (Wildman–Crippen MR) is 69.6 cm³/mol. The molecule has 2 atom stereocenters. The molecular formula is C15H23N. The van der Waals surface area contributed by atoms with Gasteiger partial charge in [-0.25, -0.2) is 0 Å². The first-order valence-corrected chi connectivity index (χ1v) is 6.43. The van der Waals surface area contributed by atoms with Crippen LogP contribution in [-0.2, 0) is 6.42 Å². The van der Waals surface area contributed by atoms with E-state index in [2.05, 4.69) is 50.5 Å². The summed E-state index contributed by atoms with van der Waals surface area (Å²) in [6.45, 7) is 4.54. The summed E-state index contributed by atoms with van der Waals surface area (Å²) in [5.74, 6) is 1.79. The molecule has 0 heterocycles. The quantitative estimate of drug-likeness (QED) is 0.799. The van der Waals surface area contributed by atoms with Crippen LogP contribution in [0.5, 0.6) is 0 Å². The zero-order chi connectivity index (χ0) is 11.5. The van der Waals surface area contributed by atoms with Crippen LogP contribution in [0.25, 0.3) is 0 Å². The molecule has 0 aliphatic heterocycles. The SMILES string of the molecule is CNC(Cc1ccc(C)cc1)C(C)C1CC1. The van der Waals surface area contributed by atoms with Crippen LogP contribution < -0.4 is 5.32 Å². The van der Waals surface area contributed by atoms with Gasteiger partial charge in [-0.3, -0.25) is 0 Å². The summed E-state index contributed by atoms with van der Waals surface area (Å²) in [7, 11) is 2.09. The van der Waals surface area contributed by atoms with Gasteiger partial charge in [0.15, 0.2) is 0 Å². The monoisotopic (exact) mass is 217 g/mol. The van der Waals surface area contributed by atoms with Crippen LogP contribution in [0, 0.1) is 18.8 Å². The Morgan fingerprint density at radius 3 is 2.38 bits per heavy atom. The van der Waals surface area contributed by atoms with E-state index in [-0.39, 0.29) is 0 Å². The summed E-state index contributed by atoms with van der Waals surface area (Å²) in [4.78, 5) is 0. The lowest BCUT2D eigenvalue weighted by Crippen LogP contribution is -2.35. The van der Waals surface area contributed by atoms with Crippen molar-refractivity contribution >= 4 is 0 Å². The molecule has 2 rings (SSSR count). The lowest BCUT2D eigenvalue weighted by molar-refractivity contribution is 0.358. The number of benzene rings is 1. The molecule has 1 aromatic rings. The molecule has 1 aliphatic carbocycles. The van der Waals surface area contributed by atoms with E-state index in [0.29, 0.717) is 6.04 Å². The highest BCUT2D eigenvalue weighted by Crippen LogP contribution is 2.38. The van der Waals surface area contributed by atoms with Gasteiger partial charge in [0.1, 0.15) is 0 Å². The number of likely N-dealkylation sites (N-methyl/N-ethyl adjacent to an activating group) is 1. The number of aryl methyl sites for hydroxylation is 1. The normalized spacial score (nSPS) is 19.4. The second kappa shape index (κ2) is 5.01. The van der Waals surface area contributed by atoms with Crippen LogP contribution in [0.4, 0.5) is 0 Å². The van der Waals surface area contributed by atoms with E-state index in [1.807, 2.05) is 0 Å². The molecule has 1 aromatic carbocycles. The van der Waals surface area contributed by atoms with Crippen LogP contribution in [-0.4, -0.2) is 13.1 Å². The molecule has 1 saturated carbocycles. The van der Waals surface area contributed by atoms with Crippen molar-refractivity contribution in [1.29, 1.82) is 0 Å². The molecule has 1 heteroatoms. The van der Waals surface area contributed by atoms with Crippen LogP contribution in [0.3, 0.4) is 0 Å². The second-order valence-electron chi connectivity index (χ2n) is 5.28. The summed E-state index contributed by atoms with van der Waals surface area (Å²) < 4.78 is 0. The number of hydrogen-bond donors (Lipinski definition) is 1. The third kappa shape index (κ3) is 2.85. The number of rotatable bonds is 5. The Kier molecular flexibility index (Phi) is 3.65. The maximum absolute atomic E-state index is 3.49. The molecule has 1 N–H and O–H groups in total. The molecule has 2 unspecified atom stereocenters. The second-order valence-corrected chi connectivity index (χ2v) is 5.28. The largest absolute Gasteiger partial charge is 0.316 e. The van der Waals surface area contributed by atoms with E-state index in [1.165, 1.54) is 24.0 Å². The maximum Gasteiger partial charge on any atom is 0.0133 e. The molecule has 0 spiro atoms. The van der Waals surface area contributed by atoms with Gasteiger partial charge < -0.3 is 5.32 Å². The van der Waals surface area contributed by atoms with Gasteiger partial charge in [-0.2, -0.15) is 0 Å². The highest BCUT2D eigenvalue weighted by Gasteiger charge is 2.32. The predicted octanol–water partition coefficient (Wildman–Crippen LogP) is 3.17. The van der Waals surface area contributed by atoms with E-state index in [4.69, 9.17) is 0 Å². The zero-order valence-electron chi connectivity index (χ0n) is 10.7. The Bertz CT molecular complexity index is 324. The van der Waals surface area contributed by atoms with E-state index >= 15 is 0 Å². The minimum atomic E-state index is 0.634. The highest BCUT2D eigenvalue weighted by atomic mass is 14.9. The van der Waals surface area contributed by atoms with Crippen molar-refractivity contribution in [2.45, 2.75) is 39.2 Å². The molecule has 1 aliphatic rings. The van der Waals surface area contributed by atoms with Crippen molar-refractivity contribution in [2.24, 2.45) is 11.8 Å². The summed E-state index contributed by atoms with van der Waals surface area (Å²) >= 11 is 0. The first-order chi connectivity index (χ1) is 7.70. The topological polar surface area (TPSA) is 12.0 Å². The highest BCUT2D eigenvalue weighted by molar-refractivity contribution is 5.22. The Balaban J connectivity index is 1.97. The Morgan fingerprint density at radius 2 is 1.88 bits per heavy atom. The van der Waals surface area contributed by atoms with E-state index in [1.54, 1.807) is 0 Å². The maximum atomic E-state index is 3.49. The van der Waals surface area contributed by atoms with Crippen LogP contribution in [0.15, 0.2) is 24.3 Å². The van der Waals surface area contributed by atoms with Crippen molar-refractivity contribution in [3.8, 4) is 0 Å². The lowest BCUT2D eigenvalue weighted by atomic mass is 9.91. The fraction of sp³-hybridized carbons (Fsp3) is 0.600. The van der Waals surface area contributed by atoms with Gasteiger partial charge in [-0.15, -0.1) is 0 Å². The van der Waals surface area contributed by atoms with Gasteiger partial charge in [-0.1, -0.05) is 36.8 Å². The first-order valence-electron chi connectivity index (χ1n) is 6.43. The fourth-order valence-corrected chi connectivity index (χ4v) is 2.48. The van der Waals surface area contributed by atoms with Crippen LogP contribution in [0.2, 0.25) is 0 Å². The Morgan fingerprint density at radius 1 is 1.25 bits per heavy atom. The molecule has 16 heavy (non-hydrogen) atoms. The standard InChI is InChI=1S/C15H23N/c1-11-4-6-13(7-5-11)10-15(16-3)12(2)14-8-9-14/h4-7,12,14-16H,8-10H2,1-3H3. The van der Waals surface area contributed by atoms with Gasteiger partial charge in [0, 0.05) is 6.04 Å². The van der Waals surface area contributed by atoms with Gasteiger partial charge in [0.05, 0.1) is 0 Å². The fourth-order valence-electron chi connectivity index (χ4n) is 2.48. The average Bonchev–Trinajstić information content (AvgIpc) is 3.11. The van der Waals surface area contributed by atoms with Crippen molar-refractivity contribution in [3.63, 3.8) is 0 Å². The summed E-state index contributed by atoms with van der Waals surface area (Å²) in [5.41, 5.74) is 2.80. The molecule has 1 nitrogen and oxygen atoms in total. The minimum Gasteiger partial charge on any atom is -0.316 e. The summed E-state index contributed by atoms with van der Waals surface area (Å²) in [6, 6.07) is 9.59. The number of hydrogen-bond acceptors (Lipinski definition) is 1. The van der Waals surface area contributed by atoms with Gasteiger partial charge in [-0.05, 0) is 50.6 Å². The van der Waals surface area contributed by atoms with Crippen molar-refractivity contribution in [3.05, 3.63) is 35.4 Å². The van der Waals surface area contributed by atoms with Gasteiger partial charge >= 0.3 is 0 Å². The Labute approximate surface area is 99.3 Å². The van der Waals surface area contributed by atoms with Crippen molar-refractivity contribution < 1.29 is 0 Å². The lowest BCUT2D eigenvalue weighted by Gasteiger charge is -2.23. The van der Waals surface area contributed by atoms with Crippen molar-refractivity contribution in [1.82, 2.24) is 5.32 Å². The molecule has 0 aromatic heterocycles. The van der Waals surface area contributed by atoms with Gasteiger partial charge in [0.2, 0.25) is 0 Å². The summed E-state index contributed by atoms with van der Waals surface area (Å²) in [6.07, 6.45) is 4.04. The first kappa shape index (κ1) is 11.7. The van der Waals surface area contributed by atoms with E-state index in [0.717, 1.165) is 18.3 Å². The van der Waals surface area contributed by atoms with Crippen molar-refractivity contribution in [2.75, 3.05) is 7.05 Å². The number of nitrogens with one attached hydrogen (secondary N) is 1. The molecule has 1 fully saturated rings. The zero-order valence-corrected chi connectivity index (χ0v) is 10.7. The smallest absolute Gasteiger partial charge is 0.0133 e. The van der Waals surface area contributed by atoms with Crippen LogP contribution in [0.1, 0.15) is 30.9 Å². The molecule has 0 bridgehead atoms. The van der Waals surface area contributed by atoms with Gasteiger partial charge in [0.25, 0.3) is 0 Å². The molecular weight excluding hydrogens is 194 g/mol. The molecule has 0 radical (unpaired) electrons. The molecule has 0 amide bonds. The third-order valence-electron chi connectivity index (χ3n) is 3.95. The summed E-state index contributed by atoms with van der Waals surface area (Å²) in [5, 5.41) is 3.49. The average molecular weight is 217 g/mol. The molecule has 88 valence electrons. The third-order valence-corrected chi connectivity index (χ3v) is 3.95.